The van der Waals surface area contributed by atoms with Gasteiger partial charge < -0.3 is 10.4 Å². The molecule has 0 aliphatic heterocycles. The second kappa shape index (κ2) is 15.3. The Hall–Kier alpha value is -1.80. The van der Waals surface area contributed by atoms with Crippen molar-refractivity contribution in [2.45, 2.75) is 27.7 Å². The highest BCUT2D eigenvalue weighted by molar-refractivity contribution is 5.46. The van der Waals surface area contributed by atoms with Crippen LogP contribution in [0.25, 0.3) is 0 Å². The summed E-state index contributed by atoms with van der Waals surface area (Å²) in [5.74, 6) is 0. The standard InChI is InChI=1S/C15H19N.C2H6.CH4O/c1-4-9-14(13(3)5-2)12-16-15-10-7-6-8-11-15;2*1-2/h4-11,16H,1,12H2,2-3H3;1-2H3;2H,1H3/b13-5-,14-9-;;. The number of hydrogen-bond donors (Lipinski definition) is 2. The molecule has 0 aliphatic carbocycles. The van der Waals surface area contributed by atoms with E-state index in [2.05, 4.69) is 44.0 Å². The molecule has 0 amide bonds. The van der Waals surface area contributed by atoms with E-state index in [0.717, 1.165) is 19.3 Å². The lowest BCUT2D eigenvalue weighted by atomic mass is 10.1. The van der Waals surface area contributed by atoms with Crippen molar-refractivity contribution in [2.75, 3.05) is 19.0 Å². The normalized spacial score (nSPS) is 10.5. The Morgan fingerprint density at radius 2 is 1.75 bits per heavy atom. The van der Waals surface area contributed by atoms with Gasteiger partial charge in [0.05, 0.1) is 0 Å². The van der Waals surface area contributed by atoms with Gasteiger partial charge in [-0.1, -0.05) is 62.4 Å². The van der Waals surface area contributed by atoms with Gasteiger partial charge in [0.1, 0.15) is 0 Å². The summed E-state index contributed by atoms with van der Waals surface area (Å²) in [6.07, 6.45) is 5.99. The molecule has 1 aromatic rings. The summed E-state index contributed by atoms with van der Waals surface area (Å²) >= 11 is 0. The summed E-state index contributed by atoms with van der Waals surface area (Å²) in [5.41, 5.74) is 3.69. The van der Waals surface area contributed by atoms with Gasteiger partial charge in [0.25, 0.3) is 0 Å². The number of aliphatic hydroxyl groups excluding tert-OH is 1. The Bertz CT molecular complexity index is 391. The van der Waals surface area contributed by atoms with Crippen molar-refractivity contribution in [1.82, 2.24) is 0 Å². The van der Waals surface area contributed by atoms with Gasteiger partial charge in [0.15, 0.2) is 0 Å². The first kappa shape index (κ1) is 20.5. The van der Waals surface area contributed by atoms with Gasteiger partial charge in [-0.25, -0.2) is 0 Å². The van der Waals surface area contributed by atoms with Crippen LogP contribution in [-0.4, -0.2) is 18.8 Å². The Balaban J connectivity index is 0. The number of aliphatic hydroxyl groups is 1. The molecule has 0 aromatic heterocycles. The highest BCUT2D eigenvalue weighted by Crippen LogP contribution is 2.12. The van der Waals surface area contributed by atoms with E-state index >= 15 is 0 Å². The summed E-state index contributed by atoms with van der Waals surface area (Å²) in [5, 5.41) is 10.4. The summed E-state index contributed by atoms with van der Waals surface area (Å²) in [6.45, 7) is 12.7. The van der Waals surface area contributed by atoms with Crippen molar-refractivity contribution >= 4 is 5.69 Å². The quantitative estimate of drug-likeness (QED) is 0.756. The largest absolute Gasteiger partial charge is 0.400 e. The highest BCUT2D eigenvalue weighted by Gasteiger charge is 1.98. The van der Waals surface area contributed by atoms with Crippen molar-refractivity contribution in [3.05, 3.63) is 66.3 Å². The third-order valence-corrected chi connectivity index (χ3v) is 2.52. The molecule has 0 bridgehead atoms. The zero-order chi connectivity index (χ0) is 15.8. The lowest BCUT2D eigenvalue weighted by molar-refractivity contribution is 0.399. The number of nitrogens with one attached hydrogen (secondary N) is 1. The average Bonchev–Trinajstić information content (AvgIpc) is 2.55. The highest BCUT2D eigenvalue weighted by atomic mass is 16.2. The number of allylic oxidation sites excluding steroid dienone is 3. The van der Waals surface area contributed by atoms with Gasteiger partial charge >= 0.3 is 0 Å². The molecule has 2 nitrogen and oxygen atoms in total. The summed E-state index contributed by atoms with van der Waals surface area (Å²) < 4.78 is 0. The summed E-state index contributed by atoms with van der Waals surface area (Å²) in [6, 6.07) is 10.2. The van der Waals surface area contributed by atoms with Crippen LogP contribution < -0.4 is 5.32 Å². The van der Waals surface area contributed by atoms with E-state index < -0.39 is 0 Å². The lowest BCUT2D eigenvalue weighted by Gasteiger charge is -2.10. The van der Waals surface area contributed by atoms with Crippen molar-refractivity contribution in [1.29, 1.82) is 0 Å². The zero-order valence-corrected chi connectivity index (χ0v) is 13.5. The second-order valence-electron chi connectivity index (χ2n) is 3.62. The third kappa shape index (κ3) is 9.17. The van der Waals surface area contributed by atoms with Crippen LogP contribution in [0.1, 0.15) is 27.7 Å². The van der Waals surface area contributed by atoms with Crippen molar-refractivity contribution in [2.24, 2.45) is 0 Å². The third-order valence-electron chi connectivity index (χ3n) is 2.52. The topological polar surface area (TPSA) is 32.3 Å². The van der Waals surface area contributed by atoms with Gasteiger partial charge in [0, 0.05) is 19.3 Å². The average molecular weight is 275 g/mol. The lowest BCUT2D eigenvalue weighted by Crippen LogP contribution is -2.05. The maximum absolute atomic E-state index is 7.00. The molecule has 0 fully saturated rings. The van der Waals surface area contributed by atoms with Crippen molar-refractivity contribution in [3.63, 3.8) is 0 Å². The molecule has 0 spiro atoms. The Labute approximate surface area is 124 Å². The second-order valence-corrected chi connectivity index (χ2v) is 3.62. The smallest absolute Gasteiger partial charge is 0.0403 e. The molecule has 112 valence electrons. The van der Waals surface area contributed by atoms with Crippen LogP contribution >= 0.6 is 0 Å². The zero-order valence-electron chi connectivity index (χ0n) is 13.5. The maximum atomic E-state index is 7.00. The molecule has 20 heavy (non-hydrogen) atoms. The molecule has 0 aliphatic rings. The first-order chi connectivity index (χ1) is 9.77. The molecule has 0 unspecified atom stereocenters. The van der Waals surface area contributed by atoms with Gasteiger partial charge in [-0.2, -0.15) is 0 Å². The first-order valence-electron chi connectivity index (χ1n) is 6.96. The van der Waals surface area contributed by atoms with E-state index in [-0.39, 0.29) is 0 Å². The van der Waals surface area contributed by atoms with Crippen molar-refractivity contribution in [3.8, 4) is 0 Å². The monoisotopic (exact) mass is 275 g/mol. The molecule has 0 heterocycles. The number of benzene rings is 1. The molecular formula is C18H29NO. The van der Waals surface area contributed by atoms with E-state index in [4.69, 9.17) is 5.11 Å². The van der Waals surface area contributed by atoms with Crippen LogP contribution in [-0.2, 0) is 0 Å². The van der Waals surface area contributed by atoms with Crippen LogP contribution in [0, 0.1) is 0 Å². The number of hydrogen-bond acceptors (Lipinski definition) is 2. The van der Waals surface area contributed by atoms with Crippen LogP contribution in [0.2, 0.25) is 0 Å². The molecule has 2 heteroatoms. The minimum Gasteiger partial charge on any atom is -0.400 e. The van der Waals surface area contributed by atoms with Gasteiger partial charge in [0.2, 0.25) is 0 Å². The van der Waals surface area contributed by atoms with E-state index in [0.29, 0.717) is 0 Å². The minimum atomic E-state index is 0.826. The maximum Gasteiger partial charge on any atom is 0.0403 e. The number of rotatable bonds is 5. The first-order valence-corrected chi connectivity index (χ1v) is 6.96. The number of anilines is 1. The van der Waals surface area contributed by atoms with Gasteiger partial charge in [-0.3, -0.25) is 0 Å². The fraction of sp³-hybridized carbons (Fsp3) is 0.333. The predicted octanol–water partition coefficient (Wildman–Crippen LogP) is 4.81. The molecule has 1 rings (SSSR count). The van der Waals surface area contributed by atoms with Crippen molar-refractivity contribution < 1.29 is 5.11 Å². The summed E-state index contributed by atoms with van der Waals surface area (Å²) in [7, 11) is 1.00. The molecule has 0 radical (unpaired) electrons. The molecule has 0 saturated carbocycles. The molecule has 0 atom stereocenters. The van der Waals surface area contributed by atoms with E-state index in [1.165, 1.54) is 11.1 Å². The van der Waals surface area contributed by atoms with E-state index in [1.54, 1.807) is 0 Å². The Morgan fingerprint density at radius 3 is 2.20 bits per heavy atom. The predicted molar refractivity (Wildman–Crippen MR) is 92.1 cm³/mol. The van der Waals surface area contributed by atoms with E-state index in [1.807, 2.05) is 44.2 Å². The molecule has 2 N–H and O–H groups in total. The van der Waals surface area contributed by atoms with Crippen LogP contribution in [0.4, 0.5) is 5.69 Å². The van der Waals surface area contributed by atoms with Gasteiger partial charge in [-0.15, -0.1) is 0 Å². The SMILES string of the molecule is C=C/C=C(CNc1ccccc1)\C(C)=C/C.CC.CO. The molecule has 0 saturated heterocycles. The molecule has 1 aromatic carbocycles. The fourth-order valence-corrected chi connectivity index (χ4v) is 1.41. The summed E-state index contributed by atoms with van der Waals surface area (Å²) in [4.78, 5) is 0. The fourth-order valence-electron chi connectivity index (χ4n) is 1.41. The molecular weight excluding hydrogens is 246 g/mol. The van der Waals surface area contributed by atoms with Crippen LogP contribution in [0.3, 0.4) is 0 Å². The Morgan fingerprint density at radius 1 is 1.20 bits per heavy atom. The van der Waals surface area contributed by atoms with E-state index in [9.17, 15) is 0 Å². The Kier molecular flexibility index (Phi) is 15.7. The van der Waals surface area contributed by atoms with Crippen LogP contribution in [0.5, 0.6) is 0 Å². The minimum absolute atomic E-state index is 0.826. The van der Waals surface area contributed by atoms with Gasteiger partial charge in [-0.05, 0) is 31.6 Å². The van der Waals surface area contributed by atoms with Crippen LogP contribution in [0.15, 0.2) is 66.3 Å². The number of para-hydroxylation sites is 1.